The second kappa shape index (κ2) is 5.71. The van der Waals surface area contributed by atoms with Crippen LogP contribution in [0.25, 0.3) is 0 Å². The van der Waals surface area contributed by atoms with E-state index in [9.17, 15) is 8.42 Å². The second-order valence-electron chi connectivity index (χ2n) is 5.22. The van der Waals surface area contributed by atoms with Crippen molar-refractivity contribution in [3.05, 3.63) is 22.9 Å². The lowest BCUT2D eigenvalue weighted by Crippen LogP contribution is -2.54. The Kier molecular flexibility index (Phi) is 4.12. The summed E-state index contributed by atoms with van der Waals surface area (Å²) >= 11 is 3.28. The number of morpholine rings is 1. The average Bonchev–Trinajstić information content (AvgIpc) is 2.46. The van der Waals surface area contributed by atoms with Gasteiger partial charge in [0.25, 0.3) is 0 Å². The van der Waals surface area contributed by atoms with Crippen molar-refractivity contribution in [2.24, 2.45) is 0 Å². The van der Waals surface area contributed by atoms with Crippen molar-refractivity contribution in [2.45, 2.75) is 42.7 Å². The van der Waals surface area contributed by atoms with Crippen LogP contribution in [-0.2, 0) is 14.8 Å². The normalized spacial score (nSPS) is 28.1. The highest BCUT2D eigenvalue weighted by atomic mass is 79.9. The van der Waals surface area contributed by atoms with E-state index in [0.29, 0.717) is 17.6 Å². The molecular weight excluding hydrogens is 344 g/mol. The van der Waals surface area contributed by atoms with Crippen LogP contribution in [0.1, 0.15) is 25.7 Å². The number of halogens is 1. The maximum Gasteiger partial charge on any atom is 0.245 e. The van der Waals surface area contributed by atoms with E-state index in [1.165, 1.54) is 6.20 Å². The zero-order chi connectivity index (χ0) is 14.2. The van der Waals surface area contributed by atoms with Crippen LogP contribution in [0, 0.1) is 0 Å². The Morgan fingerprint density at radius 2 is 2.10 bits per heavy atom. The molecular formula is C13H17BrN2O3S. The van der Waals surface area contributed by atoms with E-state index in [1.807, 2.05) is 0 Å². The molecule has 1 aliphatic heterocycles. The molecule has 0 amide bonds. The molecule has 2 aliphatic rings. The fourth-order valence-corrected chi connectivity index (χ4v) is 5.20. The minimum absolute atomic E-state index is 0.0264. The van der Waals surface area contributed by atoms with E-state index in [1.54, 1.807) is 16.6 Å². The number of ether oxygens (including phenoxy) is 1. The van der Waals surface area contributed by atoms with Crippen molar-refractivity contribution in [3.63, 3.8) is 0 Å². The molecule has 20 heavy (non-hydrogen) atoms. The molecule has 2 fully saturated rings. The first-order valence-electron chi connectivity index (χ1n) is 6.83. The Morgan fingerprint density at radius 3 is 2.90 bits per heavy atom. The predicted octanol–water partition coefficient (Wildman–Crippen LogP) is 2.18. The third-order valence-corrected chi connectivity index (χ3v) is 6.29. The van der Waals surface area contributed by atoms with Gasteiger partial charge in [-0.1, -0.05) is 12.8 Å². The number of hydrogen-bond acceptors (Lipinski definition) is 4. The summed E-state index contributed by atoms with van der Waals surface area (Å²) in [4.78, 5) is 4.21. The third-order valence-electron chi connectivity index (χ3n) is 3.97. The van der Waals surface area contributed by atoms with Gasteiger partial charge >= 0.3 is 0 Å². The van der Waals surface area contributed by atoms with Crippen LogP contribution in [-0.4, -0.2) is 43.0 Å². The molecule has 1 saturated carbocycles. The highest BCUT2D eigenvalue weighted by Crippen LogP contribution is 2.32. The highest BCUT2D eigenvalue weighted by Gasteiger charge is 2.40. The first-order chi connectivity index (χ1) is 9.59. The fourth-order valence-electron chi connectivity index (χ4n) is 3.03. The van der Waals surface area contributed by atoms with Gasteiger partial charge in [0.1, 0.15) is 4.90 Å². The molecule has 1 aliphatic carbocycles. The Labute approximate surface area is 127 Å². The summed E-state index contributed by atoms with van der Waals surface area (Å²) in [6, 6.07) is 1.58. The highest BCUT2D eigenvalue weighted by molar-refractivity contribution is 9.10. The van der Waals surface area contributed by atoms with E-state index >= 15 is 0 Å². The summed E-state index contributed by atoms with van der Waals surface area (Å²) in [5.41, 5.74) is 0. The van der Waals surface area contributed by atoms with Crippen molar-refractivity contribution in [2.75, 3.05) is 13.2 Å². The molecule has 0 radical (unpaired) electrons. The monoisotopic (exact) mass is 360 g/mol. The van der Waals surface area contributed by atoms with Crippen molar-refractivity contribution in [3.8, 4) is 0 Å². The van der Waals surface area contributed by atoms with Gasteiger partial charge in [-0.05, 0) is 34.8 Å². The number of sulfonamides is 1. The van der Waals surface area contributed by atoms with Gasteiger partial charge in [0.15, 0.2) is 0 Å². The van der Waals surface area contributed by atoms with Gasteiger partial charge in [0, 0.05) is 23.4 Å². The maximum absolute atomic E-state index is 12.8. The number of rotatable bonds is 2. The minimum Gasteiger partial charge on any atom is -0.375 e. The molecule has 0 spiro atoms. The van der Waals surface area contributed by atoms with Gasteiger partial charge in [-0.2, -0.15) is 4.31 Å². The molecule has 2 atom stereocenters. The van der Waals surface area contributed by atoms with Crippen molar-refractivity contribution < 1.29 is 13.2 Å². The first-order valence-corrected chi connectivity index (χ1v) is 9.06. The van der Waals surface area contributed by atoms with Gasteiger partial charge in [0.05, 0.1) is 18.8 Å². The van der Waals surface area contributed by atoms with E-state index in [0.717, 1.165) is 25.7 Å². The molecule has 110 valence electrons. The average molecular weight is 361 g/mol. The first kappa shape index (κ1) is 14.4. The van der Waals surface area contributed by atoms with Gasteiger partial charge < -0.3 is 4.74 Å². The van der Waals surface area contributed by atoms with Gasteiger partial charge in [-0.15, -0.1) is 0 Å². The Hall–Kier alpha value is -0.500. The number of aromatic nitrogens is 1. The molecule has 2 unspecified atom stereocenters. The topological polar surface area (TPSA) is 59.5 Å². The summed E-state index contributed by atoms with van der Waals surface area (Å²) in [5.74, 6) is 0. The van der Waals surface area contributed by atoms with Gasteiger partial charge in [-0.3, -0.25) is 4.98 Å². The maximum atomic E-state index is 12.8. The molecule has 1 saturated heterocycles. The summed E-state index contributed by atoms with van der Waals surface area (Å²) in [7, 11) is -3.49. The molecule has 3 rings (SSSR count). The number of pyridine rings is 1. The second-order valence-corrected chi connectivity index (χ2v) is 8.02. The van der Waals surface area contributed by atoms with Crippen LogP contribution in [0.5, 0.6) is 0 Å². The molecule has 1 aromatic rings. The molecule has 5 nitrogen and oxygen atoms in total. The lowest BCUT2D eigenvalue weighted by atomic mass is 9.91. The van der Waals surface area contributed by atoms with Crippen LogP contribution in [0.15, 0.2) is 27.8 Å². The van der Waals surface area contributed by atoms with E-state index < -0.39 is 10.0 Å². The molecule has 0 bridgehead atoms. The molecule has 2 heterocycles. The van der Waals surface area contributed by atoms with Crippen LogP contribution < -0.4 is 0 Å². The van der Waals surface area contributed by atoms with Crippen molar-refractivity contribution in [1.82, 2.24) is 9.29 Å². The summed E-state index contributed by atoms with van der Waals surface area (Å²) in [5, 5.41) is 0. The smallest absolute Gasteiger partial charge is 0.245 e. The van der Waals surface area contributed by atoms with Crippen LogP contribution in [0.4, 0.5) is 0 Å². The summed E-state index contributed by atoms with van der Waals surface area (Å²) < 4.78 is 33.6. The van der Waals surface area contributed by atoms with Crippen LogP contribution >= 0.6 is 15.9 Å². The lowest BCUT2D eigenvalue weighted by Gasteiger charge is -2.42. The van der Waals surface area contributed by atoms with Crippen molar-refractivity contribution in [1.29, 1.82) is 0 Å². The Morgan fingerprint density at radius 1 is 1.30 bits per heavy atom. The predicted molar refractivity (Wildman–Crippen MR) is 77.8 cm³/mol. The SMILES string of the molecule is O=S(=O)(c1cncc(Br)c1)N1CCOC2CCCCC21. The summed E-state index contributed by atoms with van der Waals surface area (Å²) in [6.45, 7) is 0.901. The standard InChI is InChI=1S/C13H17BrN2O3S/c14-10-7-11(9-15-8-10)20(17,18)16-5-6-19-13-4-2-1-3-12(13)16/h7-9,12-13H,1-6H2. The van der Waals surface area contributed by atoms with Crippen molar-refractivity contribution >= 4 is 26.0 Å². The van der Waals surface area contributed by atoms with E-state index in [2.05, 4.69) is 20.9 Å². The zero-order valence-corrected chi connectivity index (χ0v) is 13.4. The zero-order valence-electron chi connectivity index (χ0n) is 11.0. The number of fused-ring (bicyclic) bond motifs is 1. The van der Waals surface area contributed by atoms with Gasteiger partial charge in [0.2, 0.25) is 10.0 Å². The molecule has 0 N–H and O–H groups in total. The minimum atomic E-state index is -3.49. The molecule has 0 aromatic carbocycles. The fraction of sp³-hybridized carbons (Fsp3) is 0.615. The van der Waals surface area contributed by atoms with Crippen LogP contribution in [0.3, 0.4) is 0 Å². The Bertz CT molecular complexity index is 591. The molecule has 1 aromatic heterocycles. The quantitative estimate of drug-likeness (QED) is 0.810. The molecule has 7 heteroatoms. The van der Waals surface area contributed by atoms with Gasteiger partial charge in [-0.25, -0.2) is 8.42 Å². The third kappa shape index (κ3) is 2.64. The van der Waals surface area contributed by atoms with Crippen LogP contribution in [0.2, 0.25) is 0 Å². The number of hydrogen-bond donors (Lipinski definition) is 0. The Balaban J connectivity index is 1.93. The summed E-state index contributed by atoms with van der Waals surface area (Å²) in [6.07, 6.45) is 7.06. The van der Waals surface area contributed by atoms with E-state index in [4.69, 9.17) is 4.74 Å². The largest absolute Gasteiger partial charge is 0.375 e. The van der Waals surface area contributed by atoms with E-state index in [-0.39, 0.29) is 17.0 Å². The number of nitrogens with zero attached hydrogens (tertiary/aromatic N) is 2. The lowest BCUT2D eigenvalue weighted by molar-refractivity contribution is -0.0586.